The molecule has 1 aromatic heterocycles. The lowest BCUT2D eigenvalue weighted by atomic mass is 9.92. The number of aromatic nitrogens is 2. The highest BCUT2D eigenvalue weighted by atomic mass is 19.1. The minimum absolute atomic E-state index is 0.0128. The number of fused-ring (bicyclic) bond motifs is 1. The van der Waals surface area contributed by atoms with Crippen LogP contribution in [0.4, 0.5) is 31.9 Å². The zero-order valence-electron chi connectivity index (χ0n) is 15.3. The van der Waals surface area contributed by atoms with Crippen molar-refractivity contribution in [2.45, 2.75) is 12.3 Å². The fourth-order valence-corrected chi connectivity index (χ4v) is 3.09. The van der Waals surface area contributed by atoms with E-state index >= 15 is 0 Å². The van der Waals surface area contributed by atoms with Crippen LogP contribution in [0.3, 0.4) is 0 Å². The molecule has 0 bridgehead atoms. The van der Waals surface area contributed by atoms with E-state index in [4.69, 9.17) is 0 Å². The van der Waals surface area contributed by atoms with Crippen LogP contribution in [-0.2, 0) is 9.59 Å². The van der Waals surface area contributed by atoms with Gasteiger partial charge in [-0.05, 0) is 48.5 Å². The van der Waals surface area contributed by atoms with Gasteiger partial charge in [0.2, 0.25) is 17.8 Å². The van der Waals surface area contributed by atoms with E-state index in [9.17, 15) is 23.2 Å². The molecule has 4 rings (SSSR count). The topological polar surface area (TPSA) is 116 Å². The number of halogens is 2. The Morgan fingerprint density at radius 2 is 1.57 bits per heavy atom. The molecule has 30 heavy (non-hydrogen) atoms. The Morgan fingerprint density at radius 3 is 2.20 bits per heavy atom. The molecular formula is C20H15F2N5O3. The van der Waals surface area contributed by atoms with Crippen LogP contribution in [-0.4, -0.2) is 21.8 Å². The highest BCUT2D eigenvalue weighted by molar-refractivity contribution is 6.04. The van der Waals surface area contributed by atoms with Gasteiger partial charge in [-0.25, -0.2) is 8.78 Å². The van der Waals surface area contributed by atoms with Gasteiger partial charge in [0, 0.05) is 17.8 Å². The largest absolute Gasteiger partial charge is 0.326 e. The first kappa shape index (κ1) is 19.2. The second kappa shape index (κ2) is 7.74. The first-order chi connectivity index (χ1) is 14.4. The van der Waals surface area contributed by atoms with E-state index in [2.05, 4.69) is 25.9 Å². The van der Waals surface area contributed by atoms with E-state index in [1.807, 2.05) is 0 Å². The molecule has 2 aromatic carbocycles. The Kier molecular flexibility index (Phi) is 4.97. The number of hydrogen-bond donors (Lipinski definition) is 4. The average molecular weight is 411 g/mol. The van der Waals surface area contributed by atoms with E-state index in [0.717, 1.165) is 0 Å². The number of nitrogens with zero attached hydrogens (tertiary/aromatic N) is 1. The fourth-order valence-electron chi connectivity index (χ4n) is 3.09. The number of nitrogens with one attached hydrogen (secondary N) is 4. The number of amides is 2. The third-order valence-corrected chi connectivity index (χ3v) is 4.49. The van der Waals surface area contributed by atoms with Crippen molar-refractivity contribution in [1.29, 1.82) is 0 Å². The van der Waals surface area contributed by atoms with Crippen molar-refractivity contribution in [2.75, 3.05) is 16.0 Å². The van der Waals surface area contributed by atoms with Gasteiger partial charge in [0.15, 0.2) is 0 Å². The van der Waals surface area contributed by atoms with Crippen molar-refractivity contribution < 1.29 is 18.4 Å². The van der Waals surface area contributed by atoms with Gasteiger partial charge in [0.25, 0.3) is 5.56 Å². The lowest BCUT2D eigenvalue weighted by Crippen LogP contribution is -2.36. The van der Waals surface area contributed by atoms with Gasteiger partial charge < -0.3 is 16.0 Å². The second-order valence-electron chi connectivity index (χ2n) is 6.61. The molecule has 1 unspecified atom stereocenters. The summed E-state index contributed by atoms with van der Waals surface area (Å²) in [6.45, 7) is 0. The number of rotatable bonds is 4. The van der Waals surface area contributed by atoms with Gasteiger partial charge in [0.05, 0.1) is 11.5 Å². The molecule has 3 aromatic rings. The number of benzene rings is 2. The summed E-state index contributed by atoms with van der Waals surface area (Å²) in [6.07, 6.45) is -0.241. The van der Waals surface area contributed by atoms with Gasteiger partial charge >= 0.3 is 0 Å². The Balaban J connectivity index is 1.62. The van der Waals surface area contributed by atoms with Crippen LogP contribution in [0.15, 0.2) is 53.3 Å². The van der Waals surface area contributed by atoms with Crippen LogP contribution >= 0.6 is 0 Å². The summed E-state index contributed by atoms with van der Waals surface area (Å²) in [5.41, 5.74) is 0.197. The van der Waals surface area contributed by atoms with Crippen LogP contribution in [0.1, 0.15) is 17.9 Å². The molecule has 0 fully saturated rings. The van der Waals surface area contributed by atoms with Crippen LogP contribution in [0.25, 0.3) is 0 Å². The van der Waals surface area contributed by atoms with Gasteiger partial charge in [-0.2, -0.15) is 4.98 Å². The molecule has 2 amide bonds. The first-order valence-electron chi connectivity index (χ1n) is 8.92. The fraction of sp³-hybridized carbons (Fsp3) is 0.100. The van der Waals surface area contributed by atoms with Crippen molar-refractivity contribution >= 4 is 35.0 Å². The summed E-state index contributed by atoms with van der Waals surface area (Å²) < 4.78 is 26.1. The number of carbonyl (C=O) groups excluding carboxylic acids is 2. The third-order valence-electron chi connectivity index (χ3n) is 4.49. The molecule has 0 aliphatic carbocycles. The summed E-state index contributed by atoms with van der Waals surface area (Å²) in [7, 11) is 0. The maximum Gasteiger partial charge on any atom is 0.258 e. The zero-order valence-corrected chi connectivity index (χ0v) is 15.3. The van der Waals surface area contributed by atoms with Crippen molar-refractivity contribution in [3.63, 3.8) is 0 Å². The maximum atomic E-state index is 13.0. The van der Waals surface area contributed by atoms with E-state index in [1.165, 1.54) is 48.5 Å². The molecule has 1 aliphatic heterocycles. The number of H-pyrrole nitrogens is 1. The zero-order chi connectivity index (χ0) is 21.3. The Morgan fingerprint density at radius 1 is 0.967 bits per heavy atom. The van der Waals surface area contributed by atoms with Crippen LogP contribution in [0, 0.1) is 11.6 Å². The average Bonchev–Trinajstić information content (AvgIpc) is 2.70. The summed E-state index contributed by atoms with van der Waals surface area (Å²) >= 11 is 0. The number of hydrogen-bond acceptors (Lipinski definition) is 5. The molecule has 10 heteroatoms. The van der Waals surface area contributed by atoms with Crippen LogP contribution in [0.2, 0.25) is 0 Å². The summed E-state index contributed by atoms with van der Waals surface area (Å²) in [6, 6.07) is 10.5. The molecular weight excluding hydrogens is 396 g/mol. The Bertz CT molecular complexity index is 1180. The first-order valence-corrected chi connectivity index (χ1v) is 8.92. The van der Waals surface area contributed by atoms with E-state index in [1.54, 1.807) is 0 Å². The predicted molar refractivity (Wildman–Crippen MR) is 106 cm³/mol. The molecule has 0 saturated carbocycles. The van der Waals surface area contributed by atoms with E-state index < -0.39 is 34.9 Å². The summed E-state index contributed by atoms with van der Waals surface area (Å²) in [5.74, 6) is -3.05. The lowest BCUT2D eigenvalue weighted by molar-refractivity contribution is -0.123. The molecule has 0 spiro atoms. The normalized spacial score (nSPS) is 15.1. The number of carbonyl (C=O) groups is 2. The molecule has 1 atom stereocenters. The standard InChI is InChI=1S/C20H15F2N5O3/c21-10-1-5-12(6-2-10)23-18(29)14-9-15(28)25-17-16(14)19(30)27-20(26-17)24-13-7-3-11(22)4-8-13/h1-8,14H,9H2,(H,23,29)(H3,24,25,26,27,28,30). The molecule has 4 N–H and O–H groups in total. The van der Waals surface area contributed by atoms with Crippen LogP contribution < -0.4 is 21.5 Å². The Hall–Kier alpha value is -4.08. The minimum Gasteiger partial charge on any atom is -0.326 e. The van der Waals surface area contributed by atoms with Gasteiger partial charge in [0.1, 0.15) is 17.5 Å². The number of anilines is 4. The maximum absolute atomic E-state index is 13.0. The van der Waals surface area contributed by atoms with Crippen molar-refractivity contribution in [2.24, 2.45) is 0 Å². The molecule has 8 nitrogen and oxygen atoms in total. The minimum atomic E-state index is -1.07. The van der Waals surface area contributed by atoms with E-state index in [-0.39, 0.29) is 23.8 Å². The van der Waals surface area contributed by atoms with Gasteiger partial charge in [-0.3, -0.25) is 19.4 Å². The smallest absolute Gasteiger partial charge is 0.258 e. The van der Waals surface area contributed by atoms with Gasteiger partial charge in [-0.1, -0.05) is 0 Å². The molecule has 1 aliphatic rings. The van der Waals surface area contributed by atoms with Crippen molar-refractivity contribution in [3.8, 4) is 0 Å². The second-order valence-corrected chi connectivity index (χ2v) is 6.61. The molecule has 0 radical (unpaired) electrons. The van der Waals surface area contributed by atoms with E-state index in [0.29, 0.717) is 11.4 Å². The summed E-state index contributed by atoms with van der Waals surface area (Å²) in [4.78, 5) is 44.2. The van der Waals surface area contributed by atoms with Crippen LogP contribution in [0.5, 0.6) is 0 Å². The SMILES string of the molecule is O=C1CC(C(=O)Nc2ccc(F)cc2)c2c(nc(Nc3ccc(F)cc3)[nH]c2=O)N1. The Labute approximate surface area is 168 Å². The molecule has 152 valence electrons. The summed E-state index contributed by atoms with van der Waals surface area (Å²) in [5, 5.41) is 7.87. The predicted octanol–water partition coefficient (Wildman–Crippen LogP) is 2.86. The monoisotopic (exact) mass is 411 g/mol. The molecule has 2 heterocycles. The lowest BCUT2D eigenvalue weighted by Gasteiger charge is -2.23. The molecule has 0 saturated heterocycles. The third kappa shape index (κ3) is 4.02. The van der Waals surface area contributed by atoms with Crippen molar-refractivity contribution in [3.05, 3.63) is 76.1 Å². The van der Waals surface area contributed by atoms with Crippen molar-refractivity contribution in [1.82, 2.24) is 9.97 Å². The highest BCUT2D eigenvalue weighted by Gasteiger charge is 2.34. The number of aromatic amines is 1. The van der Waals surface area contributed by atoms with Gasteiger partial charge in [-0.15, -0.1) is 0 Å². The quantitative estimate of drug-likeness (QED) is 0.527. The highest BCUT2D eigenvalue weighted by Crippen LogP contribution is 2.30.